The van der Waals surface area contributed by atoms with Gasteiger partial charge in [-0.15, -0.1) is 0 Å². The molecular formula is C23H42B2N6. The maximum atomic E-state index is 4.40. The van der Waals surface area contributed by atoms with Gasteiger partial charge in [0.1, 0.15) is 6.17 Å². The van der Waals surface area contributed by atoms with Crippen LogP contribution in [0.25, 0.3) is 0 Å². The highest BCUT2D eigenvalue weighted by molar-refractivity contribution is 6.84. The standard InChI is InChI=1S/C18H28B2N6.C3H8.C2H6/c1-17(2,3)14-19(6)24(13-11-9-8-10-12-13)15-18(4,5)26-16(21-22-23-26)25(15)20(14)7;1-3-2;1-2/h8-12,14-15H,1-7H3;3H2,1-2H3;1-2H3. The van der Waals surface area contributed by atoms with E-state index in [2.05, 4.69) is 118 Å². The van der Waals surface area contributed by atoms with Gasteiger partial charge in [0.15, 0.2) is 0 Å². The van der Waals surface area contributed by atoms with E-state index in [9.17, 15) is 0 Å². The van der Waals surface area contributed by atoms with Crippen molar-refractivity contribution in [2.75, 3.05) is 9.62 Å². The first-order chi connectivity index (χ1) is 14.6. The van der Waals surface area contributed by atoms with Crippen LogP contribution in [0.2, 0.25) is 19.4 Å². The summed E-state index contributed by atoms with van der Waals surface area (Å²) in [6, 6.07) is 10.8. The van der Waals surface area contributed by atoms with Crippen molar-refractivity contribution in [2.45, 2.75) is 99.8 Å². The van der Waals surface area contributed by atoms with Crippen LogP contribution in [0.5, 0.6) is 0 Å². The number of tetrazole rings is 1. The molecule has 0 spiro atoms. The van der Waals surface area contributed by atoms with Crippen molar-refractivity contribution in [1.29, 1.82) is 0 Å². The van der Waals surface area contributed by atoms with E-state index in [4.69, 9.17) is 0 Å². The first-order valence-corrected chi connectivity index (χ1v) is 12.0. The van der Waals surface area contributed by atoms with Crippen LogP contribution in [0.1, 0.15) is 68.7 Å². The number of para-hydroxylation sites is 1. The predicted molar refractivity (Wildman–Crippen MR) is 136 cm³/mol. The Balaban J connectivity index is 0.000000630. The number of hydrogen-bond donors (Lipinski definition) is 0. The average molecular weight is 424 g/mol. The number of fused-ring (bicyclic) bond motifs is 3. The lowest BCUT2D eigenvalue weighted by Gasteiger charge is -2.56. The summed E-state index contributed by atoms with van der Waals surface area (Å²) in [5.41, 5.74) is 1.67. The minimum absolute atomic E-state index is 0.159. The molecule has 2 atom stereocenters. The molecule has 2 aliphatic rings. The minimum atomic E-state index is -0.222. The summed E-state index contributed by atoms with van der Waals surface area (Å²) in [6.07, 6.45) is 1.41. The Labute approximate surface area is 191 Å². The SMILES string of the molecule is CB1C(C(C)(C)C)B(C)N2c3nnnn3C(C)(C)C2N1c1ccccc1.CC.CCC. The summed E-state index contributed by atoms with van der Waals surface area (Å²) in [4.78, 5) is 5.02. The molecule has 31 heavy (non-hydrogen) atoms. The van der Waals surface area contributed by atoms with Crippen LogP contribution < -0.4 is 9.62 Å². The monoisotopic (exact) mass is 424 g/mol. The van der Waals surface area contributed by atoms with Crippen molar-refractivity contribution in [1.82, 2.24) is 20.2 Å². The molecule has 170 valence electrons. The highest BCUT2D eigenvalue weighted by atomic mass is 15.7. The van der Waals surface area contributed by atoms with Crippen molar-refractivity contribution >= 4 is 25.3 Å². The van der Waals surface area contributed by atoms with Gasteiger partial charge in [0.2, 0.25) is 5.95 Å². The average Bonchev–Trinajstić information content (AvgIpc) is 3.26. The van der Waals surface area contributed by atoms with Crippen LogP contribution in [0.4, 0.5) is 11.6 Å². The number of anilines is 2. The van der Waals surface area contributed by atoms with Crippen LogP contribution in [-0.4, -0.2) is 40.1 Å². The van der Waals surface area contributed by atoms with Gasteiger partial charge in [0, 0.05) is 5.69 Å². The molecule has 0 saturated carbocycles. The van der Waals surface area contributed by atoms with Gasteiger partial charge in [-0.05, 0) is 47.5 Å². The fourth-order valence-corrected chi connectivity index (χ4v) is 5.55. The molecule has 0 radical (unpaired) electrons. The lowest BCUT2D eigenvalue weighted by atomic mass is 9.24. The fourth-order valence-electron chi connectivity index (χ4n) is 5.55. The second-order valence-corrected chi connectivity index (χ2v) is 10.1. The van der Waals surface area contributed by atoms with Crippen molar-refractivity contribution < 1.29 is 0 Å². The summed E-state index contributed by atoms with van der Waals surface area (Å²) in [5.74, 6) is 0.884. The maximum Gasteiger partial charge on any atom is 0.256 e. The minimum Gasteiger partial charge on any atom is -0.396 e. The molecule has 2 aromatic rings. The molecule has 2 unspecified atom stereocenters. The molecule has 0 aliphatic carbocycles. The van der Waals surface area contributed by atoms with Gasteiger partial charge in [-0.3, -0.25) is 0 Å². The van der Waals surface area contributed by atoms with E-state index in [1.807, 2.05) is 18.5 Å². The molecule has 1 aromatic carbocycles. The van der Waals surface area contributed by atoms with E-state index in [-0.39, 0.29) is 17.1 Å². The summed E-state index contributed by atoms with van der Waals surface area (Å²) in [6.45, 7) is 25.2. The first kappa shape index (κ1) is 25.3. The van der Waals surface area contributed by atoms with Crippen molar-refractivity contribution in [3.8, 4) is 0 Å². The van der Waals surface area contributed by atoms with Gasteiger partial charge in [-0.2, -0.15) is 0 Å². The Morgan fingerprint density at radius 1 is 0.968 bits per heavy atom. The molecule has 6 nitrogen and oxygen atoms in total. The van der Waals surface area contributed by atoms with Crippen molar-refractivity contribution in [2.24, 2.45) is 5.41 Å². The van der Waals surface area contributed by atoms with Gasteiger partial charge in [0.05, 0.1) is 5.54 Å². The second kappa shape index (κ2) is 9.66. The third kappa shape index (κ3) is 4.35. The molecule has 0 amide bonds. The molecule has 1 aromatic heterocycles. The van der Waals surface area contributed by atoms with E-state index < -0.39 is 0 Å². The zero-order valence-corrected chi connectivity index (χ0v) is 21.6. The molecule has 0 N–H and O–H groups in total. The first-order valence-electron chi connectivity index (χ1n) is 12.0. The molecule has 4 rings (SSSR count). The smallest absolute Gasteiger partial charge is 0.256 e. The van der Waals surface area contributed by atoms with Crippen LogP contribution >= 0.6 is 0 Å². The number of benzene rings is 1. The van der Waals surface area contributed by atoms with E-state index in [1.54, 1.807) is 0 Å². The third-order valence-corrected chi connectivity index (χ3v) is 6.36. The van der Waals surface area contributed by atoms with E-state index in [0.717, 1.165) is 5.95 Å². The second-order valence-electron chi connectivity index (χ2n) is 10.1. The topological polar surface area (TPSA) is 50.1 Å². The molecule has 1 fully saturated rings. The van der Waals surface area contributed by atoms with Crippen LogP contribution in [-0.2, 0) is 5.54 Å². The molecule has 0 bridgehead atoms. The zero-order chi connectivity index (χ0) is 23.6. The Hall–Kier alpha value is -1.98. The summed E-state index contributed by atoms with van der Waals surface area (Å²) >= 11 is 0. The van der Waals surface area contributed by atoms with Crippen LogP contribution in [0.3, 0.4) is 0 Å². The Morgan fingerprint density at radius 2 is 1.48 bits per heavy atom. The third-order valence-electron chi connectivity index (χ3n) is 6.36. The Morgan fingerprint density at radius 3 is 2.00 bits per heavy atom. The normalized spacial score (nSPS) is 21.5. The van der Waals surface area contributed by atoms with E-state index in [0.29, 0.717) is 19.4 Å². The summed E-state index contributed by atoms with van der Waals surface area (Å²) in [5, 5.41) is 12.7. The molecule has 3 heterocycles. The predicted octanol–water partition coefficient (Wildman–Crippen LogP) is 5.72. The van der Waals surface area contributed by atoms with Crippen molar-refractivity contribution in [3.63, 3.8) is 0 Å². The number of hydrogen-bond acceptors (Lipinski definition) is 5. The largest absolute Gasteiger partial charge is 0.396 e. The summed E-state index contributed by atoms with van der Waals surface area (Å²) < 4.78 is 2.00. The van der Waals surface area contributed by atoms with Gasteiger partial charge in [0.25, 0.3) is 13.7 Å². The van der Waals surface area contributed by atoms with Gasteiger partial charge in [-0.1, -0.05) is 91.8 Å². The van der Waals surface area contributed by atoms with E-state index >= 15 is 0 Å². The van der Waals surface area contributed by atoms with Crippen LogP contribution in [0, 0.1) is 5.41 Å². The fraction of sp³-hybridized carbons (Fsp3) is 0.696. The van der Waals surface area contributed by atoms with E-state index in [1.165, 1.54) is 12.1 Å². The molecule has 1 saturated heterocycles. The Kier molecular flexibility index (Phi) is 7.88. The number of aromatic nitrogens is 4. The number of rotatable bonds is 1. The Bertz CT molecular complexity index is 817. The van der Waals surface area contributed by atoms with Gasteiger partial charge < -0.3 is 9.62 Å². The van der Waals surface area contributed by atoms with Crippen LogP contribution in [0.15, 0.2) is 30.3 Å². The maximum absolute atomic E-state index is 4.40. The number of nitrogens with zero attached hydrogens (tertiary/aromatic N) is 6. The highest BCUT2D eigenvalue weighted by Gasteiger charge is 2.61. The van der Waals surface area contributed by atoms with Gasteiger partial charge in [-0.25, -0.2) is 4.68 Å². The molecule has 8 heteroatoms. The van der Waals surface area contributed by atoms with Gasteiger partial charge >= 0.3 is 0 Å². The lowest BCUT2D eigenvalue weighted by Crippen LogP contribution is -2.72. The summed E-state index contributed by atoms with van der Waals surface area (Å²) in [7, 11) is 0. The lowest BCUT2D eigenvalue weighted by molar-refractivity contribution is 0.293. The molecule has 2 aliphatic heterocycles. The van der Waals surface area contributed by atoms with Crippen molar-refractivity contribution in [3.05, 3.63) is 30.3 Å². The molecular weight excluding hydrogens is 382 g/mol. The highest BCUT2D eigenvalue weighted by Crippen LogP contribution is 2.50. The quantitative estimate of drug-likeness (QED) is 0.549. The zero-order valence-electron chi connectivity index (χ0n) is 21.6.